The van der Waals surface area contributed by atoms with E-state index in [4.69, 9.17) is 0 Å². The molecule has 0 aromatic carbocycles. The minimum absolute atomic E-state index is 0.0231. The van der Waals surface area contributed by atoms with Crippen molar-refractivity contribution in [3.8, 4) is 0 Å². The molecule has 0 aliphatic heterocycles. The van der Waals surface area contributed by atoms with Gasteiger partial charge in [0, 0.05) is 32.2 Å². The summed E-state index contributed by atoms with van der Waals surface area (Å²) in [4.78, 5) is 32.8. The molecular formula is C11H18N2O4S. The maximum Gasteiger partial charge on any atom is 0.407 e. The summed E-state index contributed by atoms with van der Waals surface area (Å²) in [5, 5.41) is 5.01. The topological polar surface area (TPSA) is 84.5 Å². The number of thioether (sulfide) groups is 1. The van der Waals surface area contributed by atoms with Crippen molar-refractivity contribution in [3.05, 3.63) is 12.7 Å². The first-order valence-corrected chi connectivity index (χ1v) is 6.46. The minimum Gasteiger partial charge on any atom is -0.445 e. The molecule has 6 nitrogen and oxygen atoms in total. The summed E-state index contributed by atoms with van der Waals surface area (Å²) in [5.41, 5.74) is 0. The molecule has 0 heterocycles. The Balaban J connectivity index is 3.42. The van der Waals surface area contributed by atoms with Crippen LogP contribution >= 0.6 is 11.8 Å². The molecule has 0 aliphatic rings. The van der Waals surface area contributed by atoms with E-state index in [-0.39, 0.29) is 24.1 Å². The normalized spacial score (nSPS) is 9.39. The van der Waals surface area contributed by atoms with Gasteiger partial charge < -0.3 is 15.4 Å². The highest BCUT2D eigenvalue weighted by Gasteiger charge is 2.04. The molecule has 0 rings (SSSR count). The van der Waals surface area contributed by atoms with E-state index in [0.717, 1.165) is 11.8 Å². The van der Waals surface area contributed by atoms with Crippen molar-refractivity contribution >= 4 is 28.9 Å². The number of carbonyl (C=O) groups excluding carboxylic acids is 3. The Morgan fingerprint density at radius 1 is 1.28 bits per heavy atom. The van der Waals surface area contributed by atoms with E-state index in [2.05, 4.69) is 21.9 Å². The van der Waals surface area contributed by atoms with Crippen LogP contribution in [0.15, 0.2) is 12.7 Å². The molecule has 0 atom stereocenters. The van der Waals surface area contributed by atoms with E-state index in [1.807, 2.05) is 0 Å². The highest BCUT2D eigenvalue weighted by molar-refractivity contribution is 8.13. The van der Waals surface area contributed by atoms with Gasteiger partial charge in [0.1, 0.15) is 6.61 Å². The average Bonchev–Trinajstić information content (AvgIpc) is 2.31. The van der Waals surface area contributed by atoms with Gasteiger partial charge in [-0.25, -0.2) is 4.79 Å². The molecule has 18 heavy (non-hydrogen) atoms. The third kappa shape index (κ3) is 11.0. The molecule has 102 valence electrons. The molecule has 0 aliphatic carbocycles. The first-order chi connectivity index (χ1) is 8.56. The van der Waals surface area contributed by atoms with Crippen LogP contribution in [0.5, 0.6) is 0 Å². The summed E-state index contributed by atoms with van der Waals surface area (Å²) in [6.07, 6.45) is 1.23. The average molecular weight is 274 g/mol. The summed E-state index contributed by atoms with van der Waals surface area (Å²) in [7, 11) is 0. The second-order valence-corrected chi connectivity index (χ2v) is 4.42. The summed E-state index contributed by atoms with van der Waals surface area (Å²) in [6.45, 7) is 5.67. The highest BCUT2D eigenvalue weighted by Crippen LogP contribution is 2.03. The third-order valence-electron chi connectivity index (χ3n) is 1.67. The molecule has 0 saturated carbocycles. The lowest BCUT2D eigenvalue weighted by atomic mass is 10.4. The molecule has 0 unspecified atom stereocenters. The molecule has 2 N–H and O–H groups in total. The van der Waals surface area contributed by atoms with Crippen LogP contribution in [0.2, 0.25) is 0 Å². The standard InChI is InChI=1S/C11H18N2O4S/c1-3-7-17-11(16)13-6-8-18-10(15)4-5-12-9(2)14/h3H,1,4-8H2,2H3,(H,12,14)(H,13,16). The Labute approximate surface area is 111 Å². The van der Waals surface area contributed by atoms with Crippen molar-refractivity contribution in [1.29, 1.82) is 0 Å². The predicted octanol–water partition coefficient (Wildman–Crippen LogP) is 0.685. The van der Waals surface area contributed by atoms with E-state index in [0.29, 0.717) is 18.8 Å². The van der Waals surface area contributed by atoms with Gasteiger partial charge in [0.05, 0.1) is 0 Å². The number of alkyl carbamates (subject to hydrolysis) is 1. The van der Waals surface area contributed by atoms with Crippen LogP contribution in [0.1, 0.15) is 13.3 Å². The third-order valence-corrected chi connectivity index (χ3v) is 2.60. The lowest BCUT2D eigenvalue weighted by Gasteiger charge is -2.04. The molecule has 7 heteroatoms. The molecule has 0 fully saturated rings. The van der Waals surface area contributed by atoms with E-state index < -0.39 is 6.09 Å². The van der Waals surface area contributed by atoms with Gasteiger partial charge >= 0.3 is 6.09 Å². The lowest BCUT2D eigenvalue weighted by Crippen LogP contribution is -2.27. The molecule has 0 aromatic heterocycles. The first-order valence-electron chi connectivity index (χ1n) is 5.48. The van der Waals surface area contributed by atoms with Crippen molar-refractivity contribution in [2.45, 2.75) is 13.3 Å². The van der Waals surface area contributed by atoms with Crippen molar-refractivity contribution < 1.29 is 19.1 Å². The Morgan fingerprint density at radius 3 is 2.61 bits per heavy atom. The zero-order chi connectivity index (χ0) is 13.8. The van der Waals surface area contributed by atoms with Crippen LogP contribution in [0, 0.1) is 0 Å². The van der Waals surface area contributed by atoms with Crippen molar-refractivity contribution in [1.82, 2.24) is 10.6 Å². The molecule has 2 amide bonds. The number of nitrogens with one attached hydrogen (secondary N) is 2. The van der Waals surface area contributed by atoms with E-state index in [1.165, 1.54) is 13.0 Å². The Kier molecular flexibility index (Phi) is 9.75. The maximum absolute atomic E-state index is 11.3. The molecule has 0 spiro atoms. The smallest absolute Gasteiger partial charge is 0.407 e. The van der Waals surface area contributed by atoms with Crippen molar-refractivity contribution in [3.63, 3.8) is 0 Å². The summed E-state index contributed by atoms with van der Waals surface area (Å²) in [6, 6.07) is 0. The maximum atomic E-state index is 11.3. The Hall–Kier alpha value is -1.50. The predicted molar refractivity (Wildman–Crippen MR) is 70.3 cm³/mol. The van der Waals surface area contributed by atoms with Gasteiger partial charge in [-0.3, -0.25) is 9.59 Å². The minimum atomic E-state index is -0.527. The van der Waals surface area contributed by atoms with Crippen LogP contribution < -0.4 is 10.6 Å². The fourth-order valence-corrected chi connectivity index (χ4v) is 1.59. The van der Waals surface area contributed by atoms with Gasteiger partial charge in [-0.1, -0.05) is 24.4 Å². The van der Waals surface area contributed by atoms with Gasteiger partial charge in [0.15, 0.2) is 5.12 Å². The number of hydrogen-bond donors (Lipinski definition) is 2. The Morgan fingerprint density at radius 2 is 2.00 bits per heavy atom. The largest absolute Gasteiger partial charge is 0.445 e. The molecule has 0 aromatic rings. The van der Waals surface area contributed by atoms with E-state index in [9.17, 15) is 14.4 Å². The fraction of sp³-hybridized carbons (Fsp3) is 0.545. The zero-order valence-corrected chi connectivity index (χ0v) is 11.2. The first kappa shape index (κ1) is 16.5. The molecule has 0 saturated heterocycles. The second kappa shape index (κ2) is 10.6. The fourth-order valence-electron chi connectivity index (χ4n) is 0.916. The monoisotopic (exact) mass is 274 g/mol. The zero-order valence-electron chi connectivity index (χ0n) is 10.4. The van der Waals surface area contributed by atoms with Gasteiger partial charge in [-0.05, 0) is 0 Å². The lowest BCUT2D eigenvalue weighted by molar-refractivity contribution is -0.119. The second-order valence-electron chi connectivity index (χ2n) is 3.27. The highest BCUT2D eigenvalue weighted by atomic mass is 32.2. The van der Waals surface area contributed by atoms with Crippen molar-refractivity contribution in [2.24, 2.45) is 0 Å². The molecule has 0 radical (unpaired) electrons. The van der Waals surface area contributed by atoms with Gasteiger partial charge in [0.25, 0.3) is 0 Å². The van der Waals surface area contributed by atoms with Crippen LogP contribution in [-0.2, 0) is 14.3 Å². The van der Waals surface area contributed by atoms with Crippen LogP contribution in [-0.4, -0.2) is 42.6 Å². The van der Waals surface area contributed by atoms with E-state index >= 15 is 0 Å². The molecular weight excluding hydrogens is 256 g/mol. The SMILES string of the molecule is C=CCOC(=O)NCCSC(=O)CCNC(C)=O. The number of hydrogen-bond acceptors (Lipinski definition) is 5. The number of ether oxygens (including phenoxy) is 1. The quantitative estimate of drug-likeness (QED) is 0.502. The van der Waals surface area contributed by atoms with E-state index in [1.54, 1.807) is 0 Å². The van der Waals surface area contributed by atoms with Crippen LogP contribution in [0.25, 0.3) is 0 Å². The number of amides is 2. The van der Waals surface area contributed by atoms with Crippen molar-refractivity contribution in [2.75, 3.05) is 25.4 Å². The van der Waals surface area contributed by atoms with Crippen LogP contribution in [0.3, 0.4) is 0 Å². The number of carbonyl (C=O) groups is 3. The number of rotatable bonds is 8. The summed E-state index contributed by atoms with van der Waals surface area (Å²) in [5.74, 6) is 0.321. The van der Waals surface area contributed by atoms with Gasteiger partial charge in [0.2, 0.25) is 5.91 Å². The van der Waals surface area contributed by atoms with Gasteiger partial charge in [-0.15, -0.1) is 0 Å². The molecule has 0 bridgehead atoms. The summed E-state index contributed by atoms with van der Waals surface area (Å²) >= 11 is 1.11. The Bertz CT molecular complexity index is 307. The summed E-state index contributed by atoms with van der Waals surface area (Å²) < 4.78 is 4.68. The van der Waals surface area contributed by atoms with Crippen LogP contribution in [0.4, 0.5) is 4.79 Å². The van der Waals surface area contributed by atoms with Gasteiger partial charge in [-0.2, -0.15) is 0 Å².